The summed E-state index contributed by atoms with van der Waals surface area (Å²) in [6.07, 6.45) is 2.98. The highest BCUT2D eigenvalue weighted by Crippen LogP contribution is 2.36. The molecule has 2 unspecified atom stereocenters. The maximum atomic E-state index is 6.47. The van der Waals surface area contributed by atoms with Gasteiger partial charge in [0.05, 0.1) is 0 Å². The summed E-state index contributed by atoms with van der Waals surface area (Å²) < 4.78 is 5.84. The molecule has 1 aliphatic rings. The minimum Gasteiger partial charge on any atom is -0.492 e. The van der Waals surface area contributed by atoms with Crippen LogP contribution in [0, 0.1) is 0 Å². The van der Waals surface area contributed by atoms with E-state index in [9.17, 15) is 0 Å². The molecule has 0 amide bonds. The van der Waals surface area contributed by atoms with Crippen LogP contribution < -0.4 is 15.8 Å². The van der Waals surface area contributed by atoms with Crippen molar-refractivity contribution in [3.05, 3.63) is 64.2 Å². The molecule has 0 spiro atoms. The van der Waals surface area contributed by atoms with Gasteiger partial charge in [-0.25, -0.2) is 0 Å². The molecule has 2 atom stereocenters. The van der Waals surface area contributed by atoms with E-state index in [-0.39, 0.29) is 18.4 Å². The lowest BCUT2D eigenvalue weighted by Gasteiger charge is -2.32. The normalized spacial score (nSPS) is 19.0. The molecule has 0 aliphatic heterocycles. The second-order valence-corrected chi connectivity index (χ2v) is 6.89. The second-order valence-electron chi connectivity index (χ2n) is 6.46. The summed E-state index contributed by atoms with van der Waals surface area (Å²) >= 11 is 6.14. The third-order valence-electron chi connectivity index (χ3n) is 4.75. The predicted octanol–water partition coefficient (Wildman–Crippen LogP) is 3.96. The average molecular weight is 381 g/mol. The number of likely N-dealkylation sites (N-methyl/N-ethyl adjacent to an activating group) is 1. The van der Waals surface area contributed by atoms with Gasteiger partial charge >= 0.3 is 0 Å². The lowest BCUT2D eigenvalue weighted by molar-refractivity contribution is 0.317. The lowest BCUT2D eigenvalue weighted by atomic mass is 9.76. The summed E-state index contributed by atoms with van der Waals surface area (Å²) in [6.45, 7) is 1.50. The molecule has 3 rings (SSSR count). The molecular formula is C20H26Cl2N2O. The minimum atomic E-state index is 0. The van der Waals surface area contributed by atoms with Crippen molar-refractivity contribution in [2.24, 2.45) is 5.73 Å². The van der Waals surface area contributed by atoms with Gasteiger partial charge in [0.15, 0.2) is 0 Å². The summed E-state index contributed by atoms with van der Waals surface area (Å²) in [6, 6.07) is 14.7. The van der Waals surface area contributed by atoms with Crippen LogP contribution in [0.5, 0.6) is 5.75 Å². The van der Waals surface area contributed by atoms with E-state index in [4.69, 9.17) is 22.1 Å². The Bertz CT molecular complexity index is 693. The average Bonchev–Trinajstić information content (AvgIpc) is 2.58. The van der Waals surface area contributed by atoms with Gasteiger partial charge in [0.1, 0.15) is 12.4 Å². The van der Waals surface area contributed by atoms with Crippen molar-refractivity contribution in [2.45, 2.75) is 31.2 Å². The van der Waals surface area contributed by atoms with Gasteiger partial charge < -0.3 is 15.8 Å². The van der Waals surface area contributed by atoms with Crippen LogP contribution in [0.25, 0.3) is 0 Å². The molecule has 25 heavy (non-hydrogen) atoms. The number of nitrogens with two attached hydrogens (primary N) is 1. The molecule has 0 heterocycles. The molecule has 0 saturated heterocycles. The Morgan fingerprint density at radius 3 is 2.84 bits per heavy atom. The molecule has 1 aliphatic carbocycles. The predicted molar refractivity (Wildman–Crippen MR) is 107 cm³/mol. The minimum absolute atomic E-state index is 0. The van der Waals surface area contributed by atoms with Crippen molar-refractivity contribution in [3.63, 3.8) is 0 Å². The largest absolute Gasteiger partial charge is 0.492 e. The number of ether oxygens (including phenoxy) is 1. The Hall–Kier alpha value is -1.26. The fourth-order valence-electron chi connectivity index (χ4n) is 3.44. The van der Waals surface area contributed by atoms with Gasteiger partial charge in [-0.15, -0.1) is 12.4 Å². The number of hydrogen-bond acceptors (Lipinski definition) is 3. The number of halogens is 2. The summed E-state index contributed by atoms with van der Waals surface area (Å²) in [5, 5.41) is 3.88. The Balaban J connectivity index is 0.00000225. The van der Waals surface area contributed by atoms with E-state index in [0.717, 1.165) is 36.6 Å². The highest BCUT2D eigenvalue weighted by molar-refractivity contribution is 6.30. The van der Waals surface area contributed by atoms with Gasteiger partial charge in [0, 0.05) is 23.5 Å². The van der Waals surface area contributed by atoms with E-state index in [1.54, 1.807) is 0 Å². The number of rotatable bonds is 6. The second kappa shape index (κ2) is 9.44. The Kier molecular flexibility index (Phi) is 7.57. The summed E-state index contributed by atoms with van der Waals surface area (Å²) in [7, 11) is 1.93. The van der Waals surface area contributed by atoms with E-state index in [0.29, 0.717) is 12.5 Å². The molecule has 3 nitrogen and oxygen atoms in total. The highest BCUT2D eigenvalue weighted by atomic mass is 35.5. The molecule has 5 heteroatoms. The van der Waals surface area contributed by atoms with Crippen LogP contribution in [0.2, 0.25) is 5.02 Å². The van der Waals surface area contributed by atoms with Gasteiger partial charge in [0.25, 0.3) is 0 Å². The summed E-state index contributed by atoms with van der Waals surface area (Å²) in [4.78, 5) is 0. The number of benzene rings is 2. The maximum Gasteiger partial charge on any atom is 0.119 e. The summed E-state index contributed by atoms with van der Waals surface area (Å²) in [5.41, 5.74) is 10.4. The Labute approximate surface area is 161 Å². The van der Waals surface area contributed by atoms with Crippen LogP contribution in [-0.4, -0.2) is 26.2 Å². The quantitative estimate of drug-likeness (QED) is 0.745. The molecule has 0 saturated carbocycles. The number of hydrogen-bond donors (Lipinski definition) is 2. The van der Waals surface area contributed by atoms with Crippen LogP contribution >= 0.6 is 24.0 Å². The molecule has 0 bridgehead atoms. The van der Waals surface area contributed by atoms with E-state index < -0.39 is 0 Å². The molecule has 2 aromatic rings. The maximum absolute atomic E-state index is 6.47. The van der Waals surface area contributed by atoms with E-state index in [1.165, 1.54) is 16.7 Å². The van der Waals surface area contributed by atoms with Crippen molar-refractivity contribution < 1.29 is 4.74 Å². The topological polar surface area (TPSA) is 47.3 Å². The standard InChI is InChI=1S/C20H25ClN2O.ClH/c1-23-9-10-24-17-7-5-15-6-8-20(22)19(18(15)13-17)12-14-3-2-4-16(21)11-14;/h2-5,7,11,13,19-20,23H,6,8-10,12,22H2,1H3;1H. The Morgan fingerprint density at radius 1 is 1.24 bits per heavy atom. The molecule has 0 radical (unpaired) electrons. The van der Waals surface area contributed by atoms with Crippen molar-refractivity contribution in [3.8, 4) is 5.75 Å². The van der Waals surface area contributed by atoms with Crippen LogP contribution in [-0.2, 0) is 12.8 Å². The first kappa shape index (κ1) is 20.1. The zero-order valence-electron chi connectivity index (χ0n) is 14.5. The van der Waals surface area contributed by atoms with Crippen molar-refractivity contribution in [1.29, 1.82) is 0 Å². The van der Waals surface area contributed by atoms with Crippen LogP contribution in [0.3, 0.4) is 0 Å². The lowest BCUT2D eigenvalue weighted by Crippen LogP contribution is -2.34. The number of fused-ring (bicyclic) bond motifs is 1. The van der Waals surface area contributed by atoms with Crippen LogP contribution in [0.1, 0.15) is 29.0 Å². The molecule has 136 valence electrons. The fraction of sp³-hybridized carbons (Fsp3) is 0.400. The summed E-state index contributed by atoms with van der Waals surface area (Å²) in [5.74, 6) is 1.23. The van der Waals surface area contributed by atoms with Crippen molar-refractivity contribution >= 4 is 24.0 Å². The Morgan fingerprint density at radius 2 is 2.08 bits per heavy atom. The van der Waals surface area contributed by atoms with Crippen LogP contribution in [0.4, 0.5) is 0 Å². The van der Waals surface area contributed by atoms with E-state index in [1.807, 2.05) is 25.2 Å². The van der Waals surface area contributed by atoms with Crippen molar-refractivity contribution in [1.82, 2.24) is 5.32 Å². The monoisotopic (exact) mass is 380 g/mol. The van der Waals surface area contributed by atoms with Gasteiger partial charge in [-0.2, -0.15) is 0 Å². The van der Waals surface area contributed by atoms with Gasteiger partial charge in [-0.05, 0) is 67.3 Å². The van der Waals surface area contributed by atoms with Gasteiger partial charge in [-0.3, -0.25) is 0 Å². The van der Waals surface area contributed by atoms with E-state index >= 15 is 0 Å². The SMILES string of the molecule is CNCCOc1ccc2c(c1)C(Cc1cccc(Cl)c1)C(N)CC2.Cl. The van der Waals surface area contributed by atoms with Crippen LogP contribution in [0.15, 0.2) is 42.5 Å². The van der Waals surface area contributed by atoms with E-state index in [2.05, 4.69) is 29.6 Å². The molecular weight excluding hydrogens is 355 g/mol. The van der Waals surface area contributed by atoms with Gasteiger partial charge in [0.2, 0.25) is 0 Å². The fourth-order valence-corrected chi connectivity index (χ4v) is 3.65. The first-order chi connectivity index (χ1) is 11.7. The molecule has 3 N–H and O–H groups in total. The third-order valence-corrected chi connectivity index (χ3v) is 4.98. The zero-order valence-corrected chi connectivity index (χ0v) is 16.1. The van der Waals surface area contributed by atoms with Crippen molar-refractivity contribution in [2.75, 3.05) is 20.2 Å². The zero-order chi connectivity index (χ0) is 16.9. The molecule has 0 aromatic heterocycles. The highest BCUT2D eigenvalue weighted by Gasteiger charge is 2.27. The molecule has 0 fully saturated rings. The number of aryl methyl sites for hydroxylation is 1. The molecule has 2 aromatic carbocycles. The number of nitrogens with one attached hydrogen (secondary N) is 1. The smallest absolute Gasteiger partial charge is 0.119 e. The first-order valence-corrected chi connectivity index (χ1v) is 8.95. The third kappa shape index (κ3) is 5.11. The van der Waals surface area contributed by atoms with Gasteiger partial charge in [-0.1, -0.05) is 29.8 Å². The first-order valence-electron chi connectivity index (χ1n) is 8.57.